The fraction of sp³-hybridized carbons (Fsp3) is 0.643. The molecule has 2 rings (SSSR count). The third-order valence-corrected chi connectivity index (χ3v) is 4.92. The van der Waals surface area contributed by atoms with E-state index in [9.17, 15) is 4.21 Å². The summed E-state index contributed by atoms with van der Waals surface area (Å²) in [6, 6.07) is 3.82. The summed E-state index contributed by atoms with van der Waals surface area (Å²) < 4.78 is 14.9. The van der Waals surface area contributed by atoms with Crippen LogP contribution in [0, 0.1) is 0 Å². The molecule has 1 aliphatic rings. The number of nitrogens with zero attached hydrogens (tertiary/aromatic N) is 2. The molecule has 1 aliphatic carbocycles. The van der Waals surface area contributed by atoms with Gasteiger partial charge < -0.3 is 14.7 Å². The number of aliphatic hydroxyl groups excluding tert-OH is 1. The molecule has 0 saturated heterocycles. The zero-order valence-electron chi connectivity index (χ0n) is 11.9. The van der Waals surface area contributed by atoms with Crippen LogP contribution in [-0.4, -0.2) is 50.7 Å². The van der Waals surface area contributed by atoms with E-state index in [2.05, 4.69) is 21.5 Å². The van der Waals surface area contributed by atoms with Gasteiger partial charge in [-0.1, -0.05) is 6.92 Å². The second kappa shape index (κ2) is 7.71. The number of aromatic nitrogens is 1. The molecule has 1 aromatic heterocycles. The molecule has 1 unspecified atom stereocenters. The predicted molar refractivity (Wildman–Crippen MR) is 81.9 cm³/mol. The van der Waals surface area contributed by atoms with E-state index in [0.29, 0.717) is 11.8 Å². The van der Waals surface area contributed by atoms with Gasteiger partial charge in [0.1, 0.15) is 11.0 Å². The van der Waals surface area contributed by atoms with Crippen LogP contribution in [0.15, 0.2) is 18.3 Å². The summed E-state index contributed by atoms with van der Waals surface area (Å²) in [6.45, 7) is 4.76. The molecule has 0 bridgehead atoms. The lowest BCUT2D eigenvalue weighted by atomic mass is 10.2. The van der Waals surface area contributed by atoms with Crippen molar-refractivity contribution in [3.8, 4) is 0 Å². The van der Waals surface area contributed by atoms with Crippen molar-refractivity contribution < 1.29 is 9.32 Å². The highest BCUT2D eigenvalue weighted by Gasteiger charge is 2.28. The average Bonchev–Trinajstić information content (AvgIpc) is 3.28. The van der Waals surface area contributed by atoms with Crippen molar-refractivity contribution in [3.63, 3.8) is 0 Å². The third kappa shape index (κ3) is 4.85. The molecule has 2 N–H and O–H groups in total. The molecule has 112 valence electrons. The van der Waals surface area contributed by atoms with E-state index in [1.54, 1.807) is 6.20 Å². The molecule has 0 amide bonds. The van der Waals surface area contributed by atoms with Gasteiger partial charge >= 0.3 is 0 Å². The first-order valence-electron chi connectivity index (χ1n) is 7.18. The van der Waals surface area contributed by atoms with E-state index < -0.39 is 11.0 Å². The van der Waals surface area contributed by atoms with E-state index >= 15 is 0 Å². The minimum atomic E-state index is -0.958. The Labute approximate surface area is 123 Å². The number of anilines is 1. The monoisotopic (exact) mass is 297 g/mol. The second-order valence-corrected chi connectivity index (χ2v) is 6.51. The molecule has 1 heterocycles. The number of likely N-dealkylation sites (N-methyl/N-ethyl adjacent to an activating group) is 1. The summed E-state index contributed by atoms with van der Waals surface area (Å²) in [4.78, 5) is 6.53. The molecule has 1 saturated carbocycles. The number of hydrogen-bond acceptors (Lipinski definition) is 4. The molecule has 0 aliphatic heterocycles. The van der Waals surface area contributed by atoms with Gasteiger partial charge in [-0.05, 0) is 31.5 Å². The van der Waals surface area contributed by atoms with Crippen LogP contribution in [0.3, 0.4) is 0 Å². The summed E-state index contributed by atoms with van der Waals surface area (Å²) in [6.07, 6.45) is 4.71. The Morgan fingerprint density at radius 3 is 2.95 bits per heavy atom. The first kappa shape index (κ1) is 15.4. The molecule has 1 aromatic rings. The SMILES string of the molecule is CCN(CCO)CCc1cc(NS(=O)C2CC2)ccn1. The van der Waals surface area contributed by atoms with Crippen molar-refractivity contribution in [3.05, 3.63) is 24.0 Å². The number of pyridine rings is 1. The fourth-order valence-corrected chi connectivity index (χ4v) is 3.09. The fourth-order valence-electron chi connectivity index (χ4n) is 2.00. The molecular formula is C14H23N3O2S. The van der Waals surface area contributed by atoms with Crippen LogP contribution in [0.25, 0.3) is 0 Å². The summed E-state index contributed by atoms with van der Waals surface area (Å²) in [7, 11) is -0.958. The highest BCUT2D eigenvalue weighted by atomic mass is 32.2. The van der Waals surface area contributed by atoms with Gasteiger partial charge in [-0.2, -0.15) is 0 Å². The van der Waals surface area contributed by atoms with Gasteiger partial charge in [-0.25, -0.2) is 4.21 Å². The summed E-state index contributed by atoms with van der Waals surface area (Å²) in [5.74, 6) is 0. The zero-order chi connectivity index (χ0) is 14.4. The van der Waals surface area contributed by atoms with Crippen molar-refractivity contribution in [1.29, 1.82) is 0 Å². The van der Waals surface area contributed by atoms with Gasteiger partial charge in [0, 0.05) is 37.1 Å². The van der Waals surface area contributed by atoms with Crippen LogP contribution >= 0.6 is 0 Å². The first-order valence-corrected chi connectivity index (χ1v) is 8.39. The Morgan fingerprint density at radius 1 is 1.50 bits per heavy atom. The van der Waals surface area contributed by atoms with Crippen LogP contribution in [0.1, 0.15) is 25.5 Å². The maximum Gasteiger partial charge on any atom is 0.120 e. The van der Waals surface area contributed by atoms with E-state index in [4.69, 9.17) is 5.11 Å². The Bertz CT molecular complexity index is 452. The summed E-state index contributed by atoms with van der Waals surface area (Å²) >= 11 is 0. The third-order valence-electron chi connectivity index (χ3n) is 3.41. The molecule has 20 heavy (non-hydrogen) atoms. The highest BCUT2D eigenvalue weighted by Crippen LogP contribution is 2.26. The number of hydrogen-bond donors (Lipinski definition) is 2. The lowest BCUT2D eigenvalue weighted by Crippen LogP contribution is -2.29. The van der Waals surface area contributed by atoms with Gasteiger partial charge in [0.25, 0.3) is 0 Å². The van der Waals surface area contributed by atoms with E-state index in [-0.39, 0.29) is 6.61 Å². The minimum Gasteiger partial charge on any atom is -0.395 e. The Hall–Kier alpha value is -0.980. The van der Waals surface area contributed by atoms with Crippen LogP contribution in [0.2, 0.25) is 0 Å². The normalized spacial score (nSPS) is 16.4. The summed E-state index contributed by atoms with van der Waals surface area (Å²) in [5, 5.41) is 9.29. The molecule has 5 nitrogen and oxygen atoms in total. The highest BCUT2D eigenvalue weighted by molar-refractivity contribution is 7.87. The van der Waals surface area contributed by atoms with Crippen molar-refractivity contribution in [2.75, 3.05) is 31.0 Å². The van der Waals surface area contributed by atoms with Crippen LogP contribution in [0.5, 0.6) is 0 Å². The topological polar surface area (TPSA) is 65.5 Å². The number of rotatable bonds is 9. The Morgan fingerprint density at radius 2 is 2.30 bits per heavy atom. The lowest BCUT2D eigenvalue weighted by molar-refractivity contribution is 0.203. The van der Waals surface area contributed by atoms with Gasteiger partial charge in [0.2, 0.25) is 0 Å². The van der Waals surface area contributed by atoms with Gasteiger partial charge in [-0.15, -0.1) is 0 Å². The maximum atomic E-state index is 11.8. The molecule has 6 heteroatoms. The van der Waals surface area contributed by atoms with E-state index in [1.807, 2.05) is 12.1 Å². The minimum absolute atomic E-state index is 0.184. The molecule has 1 atom stereocenters. The van der Waals surface area contributed by atoms with Crippen LogP contribution in [0.4, 0.5) is 5.69 Å². The van der Waals surface area contributed by atoms with Crippen molar-refractivity contribution in [2.24, 2.45) is 0 Å². The van der Waals surface area contributed by atoms with Crippen molar-refractivity contribution in [2.45, 2.75) is 31.4 Å². The molecule has 1 fully saturated rings. The van der Waals surface area contributed by atoms with Crippen molar-refractivity contribution in [1.82, 2.24) is 9.88 Å². The molecule has 0 radical (unpaired) electrons. The largest absolute Gasteiger partial charge is 0.395 e. The number of aliphatic hydroxyl groups is 1. The smallest absolute Gasteiger partial charge is 0.120 e. The van der Waals surface area contributed by atoms with Crippen molar-refractivity contribution >= 4 is 16.7 Å². The van der Waals surface area contributed by atoms with E-state index in [1.165, 1.54) is 0 Å². The Balaban J connectivity index is 1.86. The van der Waals surface area contributed by atoms with Crippen LogP contribution < -0.4 is 4.72 Å². The average molecular weight is 297 g/mol. The zero-order valence-corrected chi connectivity index (χ0v) is 12.7. The molecule has 0 aromatic carbocycles. The standard InChI is InChI=1S/C14H23N3O2S/c1-2-17(9-10-18)8-6-12-11-13(5-7-15-12)16-20(19)14-3-4-14/h5,7,11,14,18H,2-4,6,8-10H2,1H3,(H,15,16). The molecule has 0 spiro atoms. The molecular weight excluding hydrogens is 274 g/mol. The second-order valence-electron chi connectivity index (χ2n) is 5.04. The maximum absolute atomic E-state index is 11.8. The van der Waals surface area contributed by atoms with Gasteiger partial charge in [0.15, 0.2) is 0 Å². The Kier molecular flexibility index (Phi) is 5.94. The van der Waals surface area contributed by atoms with Crippen LogP contribution in [-0.2, 0) is 17.4 Å². The number of nitrogens with one attached hydrogen (secondary N) is 1. The quantitative estimate of drug-likeness (QED) is 0.718. The van der Waals surface area contributed by atoms with Gasteiger partial charge in [-0.3, -0.25) is 4.98 Å². The lowest BCUT2D eigenvalue weighted by Gasteiger charge is -2.18. The van der Waals surface area contributed by atoms with Gasteiger partial charge in [0.05, 0.1) is 11.9 Å². The first-order chi connectivity index (χ1) is 9.72. The summed E-state index contributed by atoms with van der Waals surface area (Å²) in [5.41, 5.74) is 1.87. The predicted octanol–water partition coefficient (Wildman–Crippen LogP) is 1.18. The van der Waals surface area contributed by atoms with E-state index in [0.717, 1.165) is 43.7 Å².